The molecule has 0 aliphatic heterocycles. The molecule has 65 heavy (non-hydrogen) atoms. The average Bonchev–Trinajstić information content (AvgIpc) is 3.30. The summed E-state index contributed by atoms with van der Waals surface area (Å²) in [5, 5.41) is 0. The standard InChI is InChI=1S/C59H100O6/c1-4-7-10-13-16-18-20-22-24-26-28-29-30-31-32-34-35-37-39-41-43-46-49-52-58(61)64-55-56(54-63-57(60)51-48-45-15-12-9-6-3)65-59(62)53-50-47-44-42-40-38-36-33-27-25-23-21-19-17-14-11-8-5-2/h7,10,16,18-19,21-22,24-25,27-29,31-32,56H,4-6,8-9,11-15,17,20,23,26,30,33-55H2,1-3H3/b10-7-,18-16-,21-19-,24-22-,27-25-,29-28-,32-31-. The summed E-state index contributed by atoms with van der Waals surface area (Å²) in [4.78, 5) is 37.8. The second-order valence-corrected chi connectivity index (χ2v) is 17.8. The first-order valence-electron chi connectivity index (χ1n) is 27.1. The number of hydrogen-bond acceptors (Lipinski definition) is 6. The van der Waals surface area contributed by atoms with E-state index in [-0.39, 0.29) is 31.1 Å². The lowest BCUT2D eigenvalue weighted by Gasteiger charge is -2.18. The fourth-order valence-corrected chi connectivity index (χ4v) is 7.32. The van der Waals surface area contributed by atoms with E-state index in [2.05, 4.69) is 106 Å². The molecule has 0 spiro atoms. The molecule has 0 rings (SSSR count). The van der Waals surface area contributed by atoms with Gasteiger partial charge in [-0.1, -0.05) is 221 Å². The Balaban J connectivity index is 4.22. The average molecular weight is 905 g/mol. The lowest BCUT2D eigenvalue weighted by Crippen LogP contribution is -2.30. The van der Waals surface area contributed by atoms with Crippen LogP contribution in [0.4, 0.5) is 0 Å². The van der Waals surface area contributed by atoms with Crippen molar-refractivity contribution in [3.8, 4) is 0 Å². The van der Waals surface area contributed by atoms with Gasteiger partial charge in [0.25, 0.3) is 0 Å². The van der Waals surface area contributed by atoms with Crippen LogP contribution in [-0.2, 0) is 28.6 Å². The Morgan fingerprint density at radius 3 is 0.954 bits per heavy atom. The molecule has 1 atom stereocenters. The molecule has 0 aromatic carbocycles. The van der Waals surface area contributed by atoms with Gasteiger partial charge < -0.3 is 14.2 Å². The van der Waals surface area contributed by atoms with Crippen LogP contribution in [0.2, 0.25) is 0 Å². The van der Waals surface area contributed by atoms with Crippen LogP contribution in [0, 0.1) is 0 Å². The van der Waals surface area contributed by atoms with Gasteiger partial charge in [0, 0.05) is 19.3 Å². The van der Waals surface area contributed by atoms with E-state index in [4.69, 9.17) is 14.2 Å². The van der Waals surface area contributed by atoms with Crippen molar-refractivity contribution in [1.82, 2.24) is 0 Å². The summed E-state index contributed by atoms with van der Waals surface area (Å²) in [7, 11) is 0. The van der Waals surface area contributed by atoms with Gasteiger partial charge in [-0.15, -0.1) is 0 Å². The van der Waals surface area contributed by atoms with Gasteiger partial charge in [-0.05, 0) is 96.3 Å². The fraction of sp³-hybridized carbons (Fsp3) is 0.712. The minimum atomic E-state index is -0.782. The molecule has 0 fully saturated rings. The van der Waals surface area contributed by atoms with E-state index in [9.17, 15) is 14.4 Å². The Morgan fingerprint density at radius 1 is 0.323 bits per heavy atom. The van der Waals surface area contributed by atoms with Gasteiger partial charge in [-0.25, -0.2) is 0 Å². The van der Waals surface area contributed by atoms with Crippen molar-refractivity contribution < 1.29 is 28.6 Å². The van der Waals surface area contributed by atoms with Crippen molar-refractivity contribution in [3.05, 3.63) is 85.1 Å². The molecule has 0 amide bonds. The molecule has 0 saturated carbocycles. The number of rotatable bonds is 48. The van der Waals surface area contributed by atoms with Crippen LogP contribution >= 0.6 is 0 Å². The van der Waals surface area contributed by atoms with E-state index in [0.29, 0.717) is 19.3 Å². The third kappa shape index (κ3) is 51.4. The molecule has 0 radical (unpaired) electrons. The van der Waals surface area contributed by atoms with E-state index in [1.54, 1.807) is 0 Å². The van der Waals surface area contributed by atoms with Crippen molar-refractivity contribution in [3.63, 3.8) is 0 Å². The first-order chi connectivity index (χ1) is 32.0. The molecule has 6 heteroatoms. The maximum atomic E-state index is 12.8. The van der Waals surface area contributed by atoms with Crippen LogP contribution < -0.4 is 0 Å². The van der Waals surface area contributed by atoms with Gasteiger partial charge in [0.15, 0.2) is 6.10 Å². The summed E-state index contributed by atoms with van der Waals surface area (Å²) in [6, 6.07) is 0. The Hall–Kier alpha value is -3.41. The van der Waals surface area contributed by atoms with Crippen molar-refractivity contribution in [2.75, 3.05) is 13.2 Å². The molecule has 0 heterocycles. The molecule has 0 aliphatic carbocycles. The highest BCUT2D eigenvalue weighted by atomic mass is 16.6. The number of carbonyl (C=O) groups is 3. The largest absolute Gasteiger partial charge is 0.462 e. The number of carbonyl (C=O) groups excluding carboxylic acids is 3. The molecule has 0 saturated heterocycles. The maximum absolute atomic E-state index is 12.8. The predicted octanol–water partition coefficient (Wildman–Crippen LogP) is 18.0. The molecule has 6 nitrogen and oxygen atoms in total. The van der Waals surface area contributed by atoms with Gasteiger partial charge in [-0.2, -0.15) is 0 Å². The molecule has 0 N–H and O–H groups in total. The summed E-state index contributed by atoms with van der Waals surface area (Å²) in [6.45, 7) is 6.43. The van der Waals surface area contributed by atoms with Crippen molar-refractivity contribution in [2.24, 2.45) is 0 Å². The highest BCUT2D eigenvalue weighted by Crippen LogP contribution is 2.14. The minimum Gasteiger partial charge on any atom is -0.462 e. The van der Waals surface area contributed by atoms with Gasteiger partial charge in [0.1, 0.15) is 13.2 Å². The molecule has 0 bridgehead atoms. The second-order valence-electron chi connectivity index (χ2n) is 17.8. The quantitative estimate of drug-likeness (QED) is 0.0262. The van der Waals surface area contributed by atoms with Crippen molar-refractivity contribution in [1.29, 1.82) is 0 Å². The van der Waals surface area contributed by atoms with Crippen LogP contribution in [0.25, 0.3) is 0 Å². The van der Waals surface area contributed by atoms with Crippen LogP contribution in [0.15, 0.2) is 85.1 Å². The van der Waals surface area contributed by atoms with E-state index in [1.807, 2.05) is 0 Å². The van der Waals surface area contributed by atoms with Crippen LogP contribution in [0.3, 0.4) is 0 Å². The number of unbranched alkanes of at least 4 members (excludes halogenated alkanes) is 23. The number of esters is 3. The number of hydrogen-bond donors (Lipinski definition) is 0. The lowest BCUT2D eigenvalue weighted by molar-refractivity contribution is -0.167. The monoisotopic (exact) mass is 905 g/mol. The lowest BCUT2D eigenvalue weighted by atomic mass is 10.1. The Bertz CT molecular complexity index is 1270. The summed E-state index contributed by atoms with van der Waals surface area (Å²) in [5.41, 5.74) is 0. The summed E-state index contributed by atoms with van der Waals surface area (Å²) in [6.07, 6.45) is 68.8. The van der Waals surface area contributed by atoms with Crippen LogP contribution in [-0.4, -0.2) is 37.2 Å². The molecule has 0 aromatic heterocycles. The number of allylic oxidation sites excluding steroid dienone is 14. The van der Waals surface area contributed by atoms with Crippen LogP contribution in [0.1, 0.15) is 252 Å². The summed E-state index contributed by atoms with van der Waals surface area (Å²) >= 11 is 0. The zero-order chi connectivity index (χ0) is 47.2. The first kappa shape index (κ1) is 61.6. The molecule has 1 unspecified atom stereocenters. The first-order valence-corrected chi connectivity index (χ1v) is 27.1. The predicted molar refractivity (Wildman–Crippen MR) is 279 cm³/mol. The third-order valence-electron chi connectivity index (χ3n) is 11.4. The van der Waals surface area contributed by atoms with E-state index >= 15 is 0 Å². The highest BCUT2D eigenvalue weighted by molar-refractivity contribution is 5.71. The molecule has 0 aliphatic rings. The Labute approximate surface area is 401 Å². The maximum Gasteiger partial charge on any atom is 0.306 e. The Morgan fingerprint density at radius 2 is 0.600 bits per heavy atom. The van der Waals surface area contributed by atoms with Gasteiger partial charge in [0.2, 0.25) is 0 Å². The minimum absolute atomic E-state index is 0.0835. The number of ether oxygens (including phenoxy) is 3. The third-order valence-corrected chi connectivity index (χ3v) is 11.4. The zero-order valence-electron chi connectivity index (χ0n) is 42.5. The molecule has 372 valence electrons. The van der Waals surface area contributed by atoms with Gasteiger partial charge in [0.05, 0.1) is 0 Å². The van der Waals surface area contributed by atoms with E-state index in [1.165, 1.54) is 103 Å². The van der Waals surface area contributed by atoms with E-state index in [0.717, 1.165) is 109 Å². The smallest absolute Gasteiger partial charge is 0.306 e. The molecular weight excluding hydrogens is 805 g/mol. The molecule has 0 aromatic rings. The highest BCUT2D eigenvalue weighted by Gasteiger charge is 2.19. The summed E-state index contributed by atoms with van der Waals surface area (Å²) < 4.78 is 16.7. The van der Waals surface area contributed by atoms with Crippen LogP contribution in [0.5, 0.6) is 0 Å². The zero-order valence-corrected chi connectivity index (χ0v) is 42.5. The Kier molecular flexibility index (Phi) is 50.4. The van der Waals surface area contributed by atoms with Crippen molar-refractivity contribution >= 4 is 17.9 Å². The molecular formula is C59H100O6. The van der Waals surface area contributed by atoms with Crippen molar-refractivity contribution in [2.45, 2.75) is 258 Å². The normalized spacial score (nSPS) is 12.7. The van der Waals surface area contributed by atoms with Gasteiger partial charge >= 0.3 is 17.9 Å². The second kappa shape index (κ2) is 53.2. The summed E-state index contributed by atoms with van der Waals surface area (Å²) in [5.74, 6) is -0.911. The van der Waals surface area contributed by atoms with Gasteiger partial charge in [-0.3, -0.25) is 14.4 Å². The van der Waals surface area contributed by atoms with E-state index < -0.39 is 6.10 Å². The topological polar surface area (TPSA) is 78.9 Å². The SMILES string of the molecule is CC/C=C\C/C=C\C/C=C\C/C=C\C/C=C\CCCCCCCCCC(=O)OCC(COC(=O)CCCCCCCC)OC(=O)CCCCCCCCC/C=C\C/C=C\CCCCCC. The fourth-order valence-electron chi connectivity index (χ4n) is 7.32.